The summed E-state index contributed by atoms with van der Waals surface area (Å²) in [6.07, 6.45) is -2.50. The molecule has 0 spiro atoms. The third-order valence-corrected chi connectivity index (χ3v) is 7.80. The Morgan fingerprint density at radius 2 is 1.92 bits per heavy atom. The van der Waals surface area contributed by atoms with E-state index in [0.29, 0.717) is 0 Å². The van der Waals surface area contributed by atoms with Gasteiger partial charge in [-0.2, -0.15) is 0 Å². The van der Waals surface area contributed by atoms with Crippen LogP contribution in [0.3, 0.4) is 0 Å². The molecular formula is C27H35NO8S. The molecule has 1 aromatic carbocycles. The molecule has 0 aliphatic heterocycles. The highest BCUT2D eigenvalue weighted by Gasteiger charge is 2.48. The van der Waals surface area contributed by atoms with Crippen LogP contribution >= 0.6 is 11.3 Å². The fraction of sp³-hybridized carbons (Fsp3) is 0.519. The lowest BCUT2D eigenvalue weighted by atomic mass is 9.82. The van der Waals surface area contributed by atoms with Gasteiger partial charge in [0.1, 0.15) is 11.9 Å². The van der Waals surface area contributed by atoms with Crippen LogP contribution in [0, 0.1) is 12.8 Å². The highest BCUT2D eigenvalue weighted by Crippen LogP contribution is 2.32. The topological polar surface area (TPSA) is 168 Å². The summed E-state index contributed by atoms with van der Waals surface area (Å²) in [6, 6.07) is 5.66. The van der Waals surface area contributed by atoms with E-state index in [2.05, 4.69) is 11.6 Å². The molecular weight excluding hydrogens is 498 g/mol. The Kier molecular flexibility index (Phi) is 9.74. The van der Waals surface area contributed by atoms with E-state index in [1.165, 1.54) is 6.08 Å². The van der Waals surface area contributed by atoms with Crippen molar-refractivity contribution in [3.63, 3.8) is 0 Å². The summed E-state index contributed by atoms with van der Waals surface area (Å²) in [6.45, 7) is 5.40. The van der Waals surface area contributed by atoms with E-state index >= 15 is 0 Å². The predicted octanol–water partition coefficient (Wildman–Crippen LogP) is 2.58. The molecule has 10 heteroatoms. The number of hydrogen-bond donors (Lipinski definition) is 6. The summed E-state index contributed by atoms with van der Waals surface area (Å²) in [7, 11) is 0. The van der Waals surface area contributed by atoms with E-state index < -0.39 is 53.9 Å². The summed E-state index contributed by atoms with van der Waals surface area (Å²) in [4.78, 5) is 30.4. The van der Waals surface area contributed by atoms with Crippen LogP contribution in [0.15, 0.2) is 42.7 Å². The monoisotopic (exact) mass is 533 g/mol. The molecule has 0 amide bonds. The number of aliphatic hydroxyl groups is 6. The van der Waals surface area contributed by atoms with E-state index in [1.54, 1.807) is 17.4 Å². The smallest absolute Gasteiger partial charge is 0.251 e. The average molecular weight is 534 g/mol. The number of ketones is 2. The second-order valence-electron chi connectivity index (χ2n) is 9.72. The van der Waals surface area contributed by atoms with Crippen LogP contribution in [-0.4, -0.2) is 71.3 Å². The number of rotatable bonds is 3. The van der Waals surface area contributed by atoms with Crippen molar-refractivity contribution in [1.29, 1.82) is 0 Å². The third kappa shape index (κ3) is 7.10. The lowest BCUT2D eigenvalue weighted by molar-refractivity contribution is -0.226. The standard InChI is InChI=1S/C27H35NO8S/c1-3-5-20-25(33)22(31)7-4-6-18(29)10-8-16(12-19(30)14-24(32)27(35,36)26(20)34)17-9-11-23-21(13-17)28-15(2)37-23/h3,9-11,13,16,20,22,24-25,29,31-33,35-36H,1,4-8,12,14H2,2H3/b18-10+/t16-,20-,22+,24+,25+/m1/s1. The maximum absolute atomic E-state index is 12.9. The number of hydrogen-bond acceptors (Lipinski definition) is 10. The molecule has 5 atom stereocenters. The number of carbonyl (C=O) groups is 2. The fourth-order valence-corrected chi connectivity index (χ4v) is 5.50. The zero-order valence-corrected chi connectivity index (χ0v) is 21.6. The highest BCUT2D eigenvalue weighted by molar-refractivity contribution is 7.18. The van der Waals surface area contributed by atoms with E-state index in [-0.39, 0.29) is 44.3 Å². The molecule has 2 aromatic rings. The quantitative estimate of drug-likeness (QED) is 0.256. The van der Waals surface area contributed by atoms with Crippen LogP contribution in [0.1, 0.15) is 61.4 Å². The number of aryl methyl sites for hydroxylation is 1. The minimum Gasteiger partial charge on any atom is -0.513 e. The third-order valence-electron chi connectivity index (χ3n) is 6.85. The Hall–Kier alpha value is -2.47. The zero-order chi connectivity index (χ0) is 27.3. The molecule has 1 aromatic heterocycles. The van der Waals surface area contributed by atoms with Gasteiger partial charge in [0.2, 0.25) is 0 Å². The van der Waals surface area contributed by atoms with E-state index in [0.717, 1.165) is 20.8 Å². The van der Waals surface area contributed by atoms with Gasteiger partial charge in [0.05, 0.1) is 39.1 Å². The van der Waals surface area contributed by atoms with E-state index in [9.17, 15) is 40.2 Å². The van der Waals surface area contributed by atoms with Crippen LogP contribution in [0.5, 0.6) is 0 Å². The number of thiazole rings is 1. The van der Waals surface area contributed by atoms with E-state index in [1.807, 2.05) is 25.1 Å². The van der Waals surface area contributed by atoms with Crippen molar-refractivity contribution in [3.05, 3.63) is 53.3 Å². The van der Waals surface area contributed by atoms with Gasteiger partial charge in [0.25, 0.3) is 5.79 Å². The molecule has 0 saturated heterocycles. The first-order chi connectivity index (χ1) is 17.4. The number of Topliss-reactive ketones (excluding diaryl/α,β-unsaturated/α-hetero) is 2. The SMILES string of the molecule is C=CC[C@H]1C(=O)C(O)(O)[C@@H](O)CC(=O)C[C@H](c2ccc3sc(C)nc3c2)C/C=C(/O)CCC[C@H](O)[C@H]1O. The summed E-state index contributed by atoms with van der Waals surface area (Å²) in [5.41, 5.74) is 1.58. The number of allylic oxidation sites excluding steroid dienone is 3. The minimum atomic E-state index is -3.31. The Morgan fingerprint density at radius 3 is 2.62 bits per heavy atom. The molecule has 202 valence electrons. The summed E-state index contributed by atoms with van der Waals surface area (Å²) in [5.74, 6) is -6.94. The number of benzene rings is 1. The second-order valence-corrected chi connectivity index (χ2v) is 11.0. The molecule has 6 N–H and O–H groups in total. The normalized spacial score (nSPS) is 30.1. The fourth-order valence-electron chi connectivity index (χ4n) is 4.70. The molecule has 1 aliphatic carbocycles. The van der Waals surface area contributed by atoms with Gasteiger partial charge in [0.15, 0.2) is 5.78 Å². The second kappa shape index (κ2) is 12.4. The molecule has 1 aliphatic rings. The molecule has 37 heavy (non-hydrogen) atoms. The van der Waals surface area contributed by atoms with Gasteiger partial charge in [-0.3, -0.25) is 9.59 Å². The van der Waals surface area contributed by atoms with Crippen molar-refractivity contribution >= 4 is 33.1 Å². The van der Waals surface area contributed by atoms with Gasteiger partial charge in [-0.05, 0) is 62.3 Å². The number of carbonyl (C=O) groups excluding carboxylic acids is 2. The first kappa shape index (κ1) is 29.1. The summed E-state index contributed by atoms with van der Waals surface area (Å²) < 4.78 is 0.994. The van der Waals surface area contributed by atoms with Gasteiger partial charge >= 0.3 is 0 Å². The van der Waals surface area contributed by atoms with Gasteiger partial charge in [-0.15, -0.1) is 17.9 Å². The maximum Gasteiger partial charge on any atom is 0.251 e. The molecule has 9 nitrogen and oxygen atoms in total. The van der Waals surface area contributed by atoms with Gasteiger partial charge in [-0.1, -0.05) is 12.1 Å². The number of nitrogens with zero attached hydrogens (tertiary/aromatic N) is 1. The number of aromatic nitrogens is 1. The first-order valence-corrected chi connectivity index (χ1v) is 13.2. The molecule has 0 saturated carbocycles. The number of fused-ring (bicyclic) bond motifs is 1. The Bertz CT molecular complexity index is 1160. The van der Waals surface area contributed by atoms with E-state index in [4.69, 9.17) is 0 Å². The van der Waals surface area contributed by atoms with Crippen LogP contribution in [0.2, 0.25) is 0 Å². The zero-order valence-electron chi connectivity index (χ0n) is 20.8. The van der Waals surface area contributed by atoms with Crippen molar-refractivity contribution in [3.8, 4) is 0 Å². The molecule has 3 rings (SSSR count). The van der Waals surface area contributed by atoms with Crippen LogP contribution < -0.4 is 0 Å². The molecule has 0 unspecified atom stereocenters. The maximum atomic E-state index is 12.9. The Labute approximate surface area is 219 Å². The van der Waals surface area contributed by atoms with Crippen LogP contribution in [0.4, 0.5) is 0 Å². The largest absolute Gasteiger partial charge is 0.513 e. The van der Waals surface area contributed by atoms with Crippen molar-refractivity contribution in [2.75, 3.05) is 0 Å². The number of aliphatic hydroxyl groups excluding tert-OH is 4. The minimum absolute atomic E-state index is 0.0359. The lowest BCUT2D eigenvalue weighted by Crippen LogP contribution is -2.55. The molecule has 0 bridgehead atoms. The predicted molar refractivity (Wildman–Crippen MR) is 139 cm³/mol. The van der Waals surface area contributed by atoms with Gasteiger partial charge in [-0.25, -0.2) is 4.98 Å². The lowest BCUT2D eigenvalue weighted by Gasteiger charge is -2.33. The van der Waals surface area contributed by atoms with Crippen molar-refractivity contribution in [2.45, 2.75) is 81.9 Å². The first-order valence-electron chi connectivity index (χ1n) is 12.3. The van der Waals surface area contributed by atoms with Crippen molar-refractivity contribution in [2.24, 2.45) is 5.92 Å². The van der Waals surface area contributed by atoms with Crippen LogP contribution in [-0.2, 0) is 9.59 Å². The van der Waals surface area contributed by atoms with Crippen molar-refractivity contribution in [1.82, 2.24) is 4.98 Å². The molecule has 0 radical (unpaired) electrons. The van der Waals surface area contributed by atoms with Gasteiger partial charge in [0, 0.05) is 19.3 Å². The molecule has 1 heterocycles. The van der Waals surface area contributed by atoms with Gasteiger partial charge < -0.3 is 30.6 Å². The Balaban J connectivity index is 1.93. The van der Waals surface area contributed by atoms with Crippen molar-refractivity contribution < 1.29 is 40.2 Å². The average Bonchev–Trinajstić information content (AvgIpc) is 3.22. The molecule has 0 fully saturated rings. The summed E-state index contributed by atoms with van der Waals surface area (Å²) in [5, 5.41) is 63.8. The highest BCUT2D eigenvalue weighted by atomic mass is 32.1. The Morgan fingerprint density at radius 1 is 1.19 bits per heavy atom. The summed E-state index contributed by atoms with van der Waals surface area (Å²) >= 11 is 1.54. The van der Waals surface area contributed by atoms with Crippen LogP contribution in [0.25, 0.3) is 10.2 Å².